The van der Waals surface area contributed by atoms with E-state index in [0.717, 1.165) is 28.8 Å². The van der Waals surface area contributed by atoms with Crippen molar-refractivity contribution >= 4 is 22.4 Å². The van der Waals surface area contributed by atoms with Crippen LogP contribution in [0.2, 0.25) is 0 Å². The van der Waals surface area contributed by atoms with Crippen LogP contribution in [0.3, 0.4) is 0 Å². The molecule has 0 spiro atoms. The van der Waals surface area contributed by atoms with Crippen molar-refractivity contribution in [2.45, 2.75) is 32.0 Å². The molecule has 2 aromatic rings. The van der Waals surface area contributed by atoms with Crippen molar-refractivity contribution in [3.8, 4) is 0 Å². The Bertz CT molecular complexity index is 720. The number of hydrogen-bond acceptors (Lipinski definition) is 6. The first-order valence-corrected chi connectivity index (χ1v) is 9.02. The molecular formula is C17H20N4O2S. The number of rotatable bonds is 3. The molecule has 0 bridgehead atoms. The molecular weight excluding hydrogens is 324 g/mol. The lowest BCUT2D eigenvalue weighted by atomic mass is 10.1. The summed E-state index contributed by atoms with van der Waals surface area (Å²) in [4.78, 5) is 16.8. The molecule has 1 aromatic heterocycles. The molecule has 2 saturated heterocycles. The molecule has 0 N–H and O–H groups in total. The van der Waals surface area contributed by atoms with Gasteiger partial charge in [0.1, 0.15) is 5.01 Å². The number of carbonyl (C=O) groups excluding carboxylic acids is 1. The number of ether oxygens (including phenoxy) is 1. The topological polar surface area (TPSA) is 58.6 Å². The molecule has 126 valence electrons. The third-order valence-corrected chi connectivity index (χ3v) is 5.49. The monoisotopic (exact) mass is 344 g/mol. The number of amides is 1. The highest BCUT2D eigenvalue weighted by Crippen LogP contribution is 2.30. The Morgan fingerprint density at radius 2 is 2.08 bits per heavy atom. The van der Waals surface area contributed by atoms with Crippen LogP contribution in [0.25, 0.3) is 0 Å². The van der Waals surface area contributed by atoms with Crippen LogP contribution in [-0.4, -0.2) is 52.8 Å². The quantitative estimate of drug-likeness (QED) is 0.850. The third-order valence-electron chi connectivity index (χ3n) is 4.59. The van der Waals surface area contributed by atoms with Crippen LogP contribution in [0.15, 0.2) is 30.3 Å². The molecule has 1 amide bonds. The molecule has 7 heteroatoms. The van der Waals surface area contributed by atoms with E-state index in [2.05, 4.69) is 27.2 Å². The van der Waals surface area contributed by atoms with Gasteiger partial charge in [0.2, 0.25) is 11.0 Å². The summed E-state index contributed by atoms with van der Waals surface area (Å²) in [5, 5.41) is 10.2. The van der Waals surface area contributed by atoms with Gasteiger partial charge in [-0.25, -0.2) is 0 Å². The number of hydrogen-bond donors (Lipinski definition) is 0. The van der Waals surface area contributed by atoms with Gasteiger partial charge in [-0.1, -0.05) is 41.7 Å². The van der Waals surface area contributed by atoms with Crippen LogP contribution in [-0.2, 0) is 16.1 Å². The largest absolute Gasteiger partial charge is 0.374 e. The fraction of sp³-hybridized carbons (Fsp3) is 0.471. The summed E-state index contributed by atoms with van der Waals surface area (Å²) in [7, 11) is 0. The van der Waals surface area contributed by atoms with Crippen molar-refractivity contribution in [2.24, 2.45) is 0 Å². The lowest BCUT2D eigenvalue weighted by Crippen LogP contribution is -2.45. The van der Waals surface area contributed by atoms with Crippen molar-refractivity contribution in [3.63, 3.8) is 0 Å². The first-order chi connectivity index (χ1) is 11.7. The lowest BCUT2D eigenvalue weighted by molar-refractivity contribution is -0.133. The summed E-state index contributed by atoms with van der Waals surface area (Å²) in [6.45, 7) is 4.59. The molecule has 0 saturated carbocycles. The van der Waals surface area contributed by atoms with E-state index in [4.69, 9.17) is 4.74 Å². The van der Waals surface area contributed by atoms with Gasteiger partial charge in [0, 0.05) is 19.6 Å². The predicted molar refractivity (Wildman–Crippen MR) is 92.0 cm³/mol. The number of aromatic nitrogens is 2. The van der Waals surface area contributed by atoms with E-state index in [1.54, 1.807) is 11.3 Å². The van der Waals surface area contributed by atoms with Crippen molar-refractivity contribution in [3.05, 3.63) is 40.9 Å². The number of nitrogens with zero attached hydrogens (tertiary/aromatic N) is 4. The molecule has 2 aliphatic heterocycles. The maximum Gasteiger partial charge on any atom is 0.225 e. The average molecular weight is 344 g/mol. The van der Waals surface area contributed by atoms with E-state index in [1.165, 1.54) is 0 Å². The molecule has 0 unspecified atom stereocenters. The maximum atomic E-state index is 12.6. The number of fused-ring (bicyclic) bond motifs is 1. The van der Waals surface area contributed by atoms with Gasteiger partial charge in [-0.15, -0.1) is 10.2 Å². The lowest BCUT2D eigenvalue weighted by Gasteiger charge is -2.29. The Hall–Kier alpha value is -1.99. The normalized spacial score (nSPS) is 24.1. The van der Waals surface area contributed by atoms with Crippen LogP contribution in [0.4, 0.5) is 5.13 Å². The zero-order chi connectivity index (χ0) is 16.5. The van der Waals surface area contributed by atoms with Crippen molar-refractivity contribution in [2.75, 3.05) is 24.6 Å². The molecule has 4 rings (SSSR count). The van der Waals surface area contributed by atoms with Gasteiger partial charge in [-0.2, -0.15) is 0 Å². The van der Waals surface area contributed by atoms with Crippen LogP contribution in [0, 0.1) is 6.92 Å². The summed E-state index contributed by atoms with van der Waals surface area (Å²) >= 11 is 1.59. The van der Waals surface area contributed by atoms with E-state index >= 15 is 0 Å². The standard InChI is InChI=1S/C17H20N4O2S/c1-12-18-19-17(24-12)20-10-14-15(11-20)23-8-7-16(22)21(14)9-13-5-3-2-4-6-13/h2-6,14-15H,7-11H2,1H3/t14-,15-/m0/s1. The van der Waals surface area contributed by atoms with Crippen LogP contribution < -0.4 is 4.90 Å². The SMILES string of the molecule is Cc1nnc(N2C[C@@H]3OCCC(=O)N(Cc4ccccc4)[C@H]3C2)s1. The second-order valence-electron chi connectivity index (χ2n) is 6.24. The van der Waals surface area contributed by atoms with Gasteiger partial charge in [-0.05, 0) is 12.5 Å². The van der Waals surface area contributed by atoms with Crippen molar-refractivity contribution in [1.29, 1.82) is 0 Å². The minimum Gasteiger partial charge on any atom is -0.374 e. The molecule has 0 aliphatic carbocycles. The van der Waals surface area contributed by atoms with Crippen molar-refractivity contribution < 1.29 is 9.53 Å². The average Bonchev–Trinajstić information content (AvgIpc) is 3.17. The first-order valence-electron chi connectivity index (χ1n) is 8.21. The number of benzene rings is 1. The number of anilines is 1. The van der Waals surface area contributed by atoms with Gasteiger partial charge in [0.25, 0.3) is 0 Å². The van der Waals surface area contributed by atoms with E-state index < -0.39 is 0 Å². The minimum atomic E-state index is 0.0318. The number of carbonyl (C=O) groups is 1. The van der Waals surface area contributed by atoms with E-state index in [1.807, 2.05) is 30.0 Å². The van der Waals surface area contributed by atoms with E-state index in [0.29, 0.717) is 19.6 Å². The maximum absolute atomic E-state index is 12.6. The molecule has 6 nitrogen and oxygen atoms in total. The minimum absolute atomic E-state index is 0.0318. The third kappa shape index (κ3) is 3.01. The smallest absolute Gasteiger partial charge is 0.225 e. The molecule has 0 radical (unpaired) electrons. The molecule has 3 heterocycles. The number of aryl methyl sites for hydroxylation is 1. The summed E-state index contributed by atoms with van der Waals surface area (Å²) in [6.07, 6.45) is 0.488. The Labute approximate surface area is 145 Å². The van der Waals surface area contributed by atoms with Crippen LogP contribution in [0.5, 0.6) is 0 Å². The molecule has 2 fully saturated rings. The van der Waals surface area contributed by atoms with Gasteiger partial charge in [-0.3, -0.25) is 4.79 Å². The Morgan fingerprint density at radius 3 is 2.83 bits per heavy atom. The van der Waals surface area contributed by atoms with Crippen LogP contribution >= 0.6 is 11.3 Å². The Morgan fingerprint density at radius 1 is 1.25 bits per heavy atom. The van der Waals surface area contributed by atoms with Crippen molar-refractivity contribution in [1.82, 2.24) is 15.1 Å². The summed E-state index contributed by atoms with van der Waals surface area (Å²) in [6, 6.07) is 10.2. The summed E-state index contributed by atoms with van der Waals surface area (Å²) in [5.74, 6) is 0.168. The highest BCUT2D eigenvalue weighted by atomic mass is 32.1. The highest BCUT2D eigenvalue weighted by molar-refractivity contribution is 7.15. The molecule has 2 aliphatic rings. The second kappa shape index (κ2) is 6.49. The van der Waals surface area contributed by atoms with Crippen LogP contribution in [0.1, 0.15) is 17.0 Å². The molecule has 2 atom stereocenters. The molecule has 1 aromatic carbocycles. The predicted octanol–water partition coefficient (Wildman–Crippen LogP) is 1.85. The van der Waals surface area contributed by atoms with Gasteiger partial charge < -0.3 is 14.5 Å². The van der Waals surface area contributed by atoms with E-state index in [-0.39, 0.29) is 18.1 Å². The first kappa shape index (κ1) is 15.5. The Balaban J connectivity index is 1.57. The van der Waals surface area contributed by atoms with E-state index in [9.17, 15) is 4.79 Å². The fourth-order valence-electron chi connectivity index (χ4n) is 3.40. The zero-order valence-electron chi connectivity index (χ0n) is 13.6. The summed E-state index contributed by atoms with van der Waals surface area (Å²) < 4.78 is 5.98. The fourth-order valence-corrected chi connectivity index (χ4v) is 4.11. The molecule has 24 heavy (non-hydrogen) atoms. The van der Waals surface area contributed by atoms with Gasteiger partial charge >= 0.3 is 0 Å². The highest BCUT2D eigenvalue weighted by Gasteiger charge is 2.42. The summed E-state index contributed by atoms with van der Waals surface area (Å²) in [5.41, 5.74) is 1.15. The zero-order valence-corrected chi connectivity index (χ0v) is 14.4. The Kier molecular flexibility index (Phi) is 4.20. The van der Waals surface area contributed by atoms with Gasteiger partial charge in [0.05, 0.1) is 25.2 Å². The van der Waals surface area contributed by atoms with Gasteiger partial charge in [0.15, 0.2) is 0 Å². The second-order valence-corrected chi connectivity index (χ2v) is 7.40.